The van der Waals surface area contributed by atoms with Crippen LogP contribution >= 0.6 is 0 Å². The van der Waals surface area contributed by atoms with Gasteiger partial charge in [0.15, 0.2) is 0 Å². The number of benzene rings is 3. The SMILES string of the molecule is COc1ccc(C(C)(c2ccc(N)cc2)c2ccc(OC)cc2)cc1. The number of hydrogen-bond donors (Lipinski definition) is 1. The van der Waals surface area contributed by atoms with Crippen molar-refractivity contribution in [2.45, 2.75) is 12.3 Å². The van der Waals surface area contributed by atoms with Crippen LogP contribution in [0.4, 0.5) is 5.69 Å². The average molecular weight is 333 g/mol. The molecule has 3 nitrogen and oxygen atoms in total. The first-order valence-corrected chi connectivity index (χ1v) is 8.23. The van der Waals surface area contributed by atoms with E-state index < -0.39 is 0 Å². The van der Waals surface area contributed by atoms with Crippen molar-refractivity contribution in [1.29, 1.82) is 0 Å². The van der Waals surface area contributed by atoms with Gasteiger partial charge in [0.25, 0.3) is 0 Å². The molecule has 3 aromatic rings. The molecule has 0 aliphatic rings. The largest absolute Gasteiger partial charge is 0.497 e. The van der Waals surface area contributed by atoms with Crippen molar-refractivity contribution in [1.82, 2.24) is 0 Å². The van der Waals surface area contributed by atoms with E-state index in [2.05, 4.69) is 43.3 Å². The average Bonchev–Trinajstić information content (AvgIpc) is 2.68. The van der Waals surface area contributed by atoms with Crippen molar-refractivity contribution in [2.24, 2.45) is 0 Å². The lowest BCUT2D eigenvalue weighted by molar-refractivity contribution is 0.414. The molecule has 0 fully saturated rings. The van der Waals surface area contributed by atoms with Gasteiger partial charge in [0.1, 0.15) is 11.5 Å². The van der Waals surface area contributed by atoms with Crippen LogP contribution in [0.3, 0.4) is 0 Å². The highest BCUT2D eigenvalue weighted by atomic mass is 16.5. The predicted octanol–water partition coefficient (Wildman–Crippen LogP) is 4.64. The van der Waals surface area contributed by atoms with Crippen molar-refractivity contribution >= 4 is 5.69 Å². The topological polar surface area (TPSA) is 44.5 Å². The lowest BCUT2D eigenvalue weighted by Crippen LogP contribution is -2.25. The second-order valence-electron chi connectivity index (χ2n) is 6.20. The minimum absolute atomic E-state index is 0.313. The van der Waals surface area contributed by atoms with E-state index in [4.69, 9.17) is 15.2 Å². The lowest BCUT2D eigenvalue weighted by Gasteiger charge is -2.32. The molecule has 0 atom stereocenters. The molecule has 3 heteroatoms. The molecule has 0 spiro atoms. The molecule has 0 aliphatic heterocycles. The first-order chi connectivity index (χ1) is 12.1. The molecule has 0 unspecified atom stereocenters. The van der Waals surface area contributed by atoms with Crippen LogP contribution in [0.5, 0.6) is 11.5 Å². The third-order valence-electron chi connectivity index (χ3n) is 4.82. The number of methoxy groups -OCH3 is 2. The third kappa shape index (κ3) is 3.18. The molecule has 25 heavy (non-hydrogen) atoms. The van der Waals surface area contributed by atoms with Crippen molar-refractivity contribution in [3.63, 3.8) is 0 Å². The third-order valence-corrected chi connectivity index (χ3v) is 4.82. The summed E-state index contributed by atoms with van der Waals surface area (Å²) in [7, 11) is 3.36. The molecule has 0 saturated heterocycles. The highest BCUT2D eigenvalue weighted by Gasteiger charge is 2.31. The number of nitrogen functional groups attached to an aromatic ring is 1. The second-order valence-corrected chi connectivity index (χ2v) is 6.20. The van der Waals surface area contributed by atoms with Gasteiger partial charge in [0.05, 0.1) is 14.2 Å². The maximum absolute atomic E-state index is 5.89. The molecule has 3 aromatic carbocycles. The molecule has 0 bridgehead atoms. The molecule has 0 aliphatic carbocycles. The minimum atomic E-state index is -0.313. The van der Waals surface area contributed by atoms with Gasteiger partial charge in [-0.3, -0.25) is 0 Å². The molecule has 2 N–H and O–H groups in total. The number of ether oxygens (including phenoxy) is 2. The van der Waals surface area contributed by atoms with Crippen LogP contribution in [0.25, 0.3) is 0 Å². The summed E-state index contributed by atoms with van der Waals surface area (Å²) in [5.74, 6) is 1.69. The van der Waals surface area contributed by atoms with Gasteiger partial charge in [0, 0.05) is 11.1 Å². The summed E-state index contributed by atoms with van der Waals surface area (Å²) >= 11 is 0. The Kier molecular flexibility index (Phi) is 4.66. The summed E-state index contributed by atoms with van der Waals surface area (Å²) in [6, 6.07) is 24.5. The Morgan fingerprint density at radius 2 is 0.920 bits per heavy atom. The molecular weight excluding hydrogens is 310 g/mol. The maximum Gasteiger partial charge on any atom is 0.118 e. The first kappa shape index (κ1) is 16.9. The Morgan fingerprint density at radius 3 is 1.24 bits per heavy atom. The summed E-state index contributed by atoms with van der Waals surface area (Å²) < 4.78 is 10.6. The van der Waals surface area contributed by atoms with Gasteiger partial charge in [-0.25, -0.2) is 0 Å². The summed E-state index contributed by atoms with van der Waals surface area (Å²) in [5, 5.41) is 0. The number of anilines is 1. The molecular formula is C22H23NO2. The van der Waals surface area contributed by atoms with Gasteiger partial charge in [0.2, 0.25) is 0 Å². The Hall–Kier alpha value is -2.94. The summed E-state index contributed by atoms with van der Waals surface area (Å²) in [6.45, 7) is 2.22. The van der Waals surface area contributed by atoms with E-state index >= 15 is 0 Å². The predicted molar refractivity (Wildman–Crippen MR) is 102 cm³/mol. The smallest absolute Gasteiger partial charge is 0.118 e. The van der Waals surface area contributed by atoms with Crippen molar-refractivity contribution in [3.8, 4) is 11.5 Å². The highest BCUT2D eigenvalue weighted by molar-refractivity contribution is 5.53. The van der Waals surface area contributed by atoms with Gasteiger partial charge in [-0.15, -0.1) is 0 Å². The van der Waals surface area contributed by atoms with Crippen molar-refractivity contribution in [2.75, 3.05) is 20.0 Å². The molecule has 0 saturated carbocycles. The monoisotopic (exact) mass is 333 g/mol. The van der Waals surface area contributed by atoms with E-state index in [0.717, 1.165) is 17.2 Å². The van der Waals surface area contributed by atoms with Gasteiger partial charge in [-0.05, 0) is 60.0 Å². The fraction of sp³-hybridized carbons (Fsp3) is 0.182. The fourth-order valence-electron chi connectivity index (χ4n) is 3.17. The standard InChI is InChI=1S/C22H23NO2/c1-22(16-4-10-19(23)11-5-16,17-6-12-20(24-2)13-7-17)18-8-14-21(25-3)15-9-18/h4-15H,23H2,1-3H3. The van der Waals surface area contributed by atoms with Gasteiger partial charge in [-0.2, -0.15) is 0 Å². The van der Waals surface area contributed by atoms with E-state index in [0.29, 0.717) is 0 Å². The zero-order valence-corrected chi connectivity index (χ0v) is 14.8. The Morgan fingerprint density at radius 1 is 0.600 bits per heavy atom. The summed E-state index contributed by atoms with van der Waals surface area (Å²) in [4.78, 5) is 0. The van der Waals surface area contributed by atoms with E-state index in [9.17, 15) is 0 Å². The van der Waals surface area contributed by atoms with Crippen molar-refractivity contribution < 1.29 is 9.47 Å². The van der Waals surface area contributed by atoms with E-state index in [1.165, 1.54) is 16.7 Å². The molecule has 0 aromatic heterocycles. The van der Waals surface area contributed by atoms with Crippen LogP contribution in [0, 0.1) is 0 Å². The van der Waals surface area contributed by atoms with Crippen LogP contribution in [0.2, 0.25) is 0 Å². The number of hydrogen-bond acceptors (Lipinski definition) is 3. The van der Waals surface area contributed by atoms with Gasteiger partial charge >= 0.3 is 0 Å². The Bertz CT molecular complexity index is 774. The first-order valence-electron chi connectivity index (χ1n) is 8.23. The van der Waals surface area contributed by atoms with Crippen LogP contribution in [0.15, 0.2) is 72.8 Å². The minimum Gasteiger partial charge on any atom is -0.497 e. The molecule has 0 amide bonds. The van der Waals surface area contributed by atoms with E-state index in [1.54, 1.807) is 14.2 Å². The zero-order chi connectivity index (χ0) is 17.9. The molecule has 3 rings (SSSR count). The van der Waals surface area contributed by atoms with Crippen LogP contribution < -0.4 is 15.2 Å². The lowest BCUT2D eigenvalue weighted by atomic mass is 9.71. The number of nitrogens with two attached hydrogens (primary N) is 1. The maximum atomic E-state index is 5.89. The van der Waals surface area contributed by atoms with Gasteiger partial charge < -0.3 is 15.2 Å². The Labute approximate surface area is 149 Å². The number of rotatable bonds is 5. The van der Waals surface area contributed by atoms with Crippen molar-refractivity contribution in [3.05, 3.63) is 89.5 Å². The fourth-order valence-corrected chi connectivity index (χ4v) is 3.17. The molecule has 0 radical (unpaired) electrons. The van der Waals surface area contributed by atoms with Gasteiger partial charge in [-0.1, -0.05) is 36.4 Å². The van der Waals surface area contributed by atoms with E-state index in [1.807, 2.05) is 36.4 Å². The summed E-state index contributed by atoms with van der Waals surface area (Å²) in [5.41, 5.74) is 9.88. The zero-order valence-electron chi connectivity index (χ0n) is 14.8. The highest BCUT2D eigenvalue weighted by Crippen LogP contribution is 2.40. The molecule has 128 valence electrons. The van der Waals surface area contributed by atoms with Crippen LogP contribution in [0.1, 0.15) is 23.6 Å². The van der Waals surface area contributed by atoms with Crippen LogP contribution in [-0.2, 0) is 5.41 Å². The quantitative estimate of drug-likeness (QED) is 0.546. The Balaban J connectivity index is 2.16. The van der Waals surface area contributed by atoms with Crippen LogP contribution in [-0.4, -0.2) is 14.2 Å². The summed E-state index contributed by atoms with van der Waals surface area (Å²) in [6.07, 6.45) is 0. The van der Waals surface area contributed by atoms with E-state index in [-0.39, 0.29) is 5.41 Å². The second kappa shape index (κ2) is 6.89. The normalized spacial score (nSPS) is 11.2. The molecule has 0 heterocycles.